The van der Waals surface area contributed by atoms with Gasteiger partial charge < -0.3 is 19.5 Å². The van der Waals surface area contributed by atoms with Gasteiger partial charge in [0.1, 0.15) is 18.1 Å². The molecule has 0 spiro atoms. The minimum Gasteiger partial charge on any atom is -0.507 e. The number of carbonyl (C=O) groups excluding carboxylic acids is 2. The molecular weight excluding hydrogens is 394 g/mol. The first kappa shape index (κ1) is 20.9. The van der Waals surface area contributed by atoms with Gasteiger partial charge in [0.05, 0.1) is 17.7 Å². The van der Waals surface area contributed by atoms with E-state index >= 15 is 0 Å². The Labute approximate surface area is 181 Å². The molecule has 0 aromatic heterocycles. The van der Waals surface area contributed by atoms with E-state index in [4.69, 9.17) is 9.47 Å². The summed E-state index contributed by atoms with van der Waals surface area (Å²) < 4.78 is 11.2. The molecule has 2 saturated heterocycles. The molecule has 1 amide bonds. The van der Waals surface area contributed by atoms with Crippen LogP contribution in [0.1, 0.15) is 30.0 Å². The molecule has 2 heterocycles. The molecule has 2 aromatic carbocycles. The Morgan fingerprint density at radius 1 is 1.16 bits per heavy atom. The van der Waals surface area contributed by atoms with Gasteiger partial charge in [-0.05, 0) is 42.7 Å². The number of Topliss-reactive ketones (excluding diaryl/α,β-unsaturated/α-hetero) is 1. The summed E-state index contributed by atoms with van der Waals surface area (Å²) in [5, 5.41) is 11.1. The normalized spacial score (nSPS) is 22.6. The topological polar surface area (TPSA) is 76.1 Å². The van der Waals surface area contributed by atoms with Crippen molar-refractivity contribution in [3.63, 3.8) is 0 Å². The van der Waals surface area contributed by atoms with Crippen LogP contribution >= 0.6 is 0 Å². The summed E-state index contributed by atoms with van der Waals surface area (Å²) in [6.07, 6.45) is 3.32. The molecular formula is C25H25NO5. The number of ketones is 1. The third kappa shape index (κ3) is 4.25. The molecule has 2 fully saturated rings. The van der Waals surface area contributed by atoms with E-state index in [9.17, 15) is 14.7 Å². The lowest BCUT2D eigenvalue weighted by Gasteiger charge is -2.27. The molecule has 0 aliphatic carbocycles. The maximum absolute atomic E-state index is 13.0. The second kappa shape index (κ2) is 9.18. The van der Waals surface area contributed by atoms with Gasteiger partial charge in [-0.15, -0.1) is 0 Å². The Kier molecular flexibility index (Phi) is 6.18. The maximum Gasteiger partial charge on any atom is 0.295 e. The fraction of sp³-hybridized carbons (Fsp3) is 0.280. The Balaban J connectivity index is 1.73. The van der Waals surface area contributed by atoms with E-state index in [2.05, 4.69) is 6.58 Å². The highest BCUT2D eigenvalue weighted by Gasteiger charge is 2.46. The van der Waals surface area contributed by atoms with E-state index in [1.807, 2.05) is 30.3 Å². The summed E-state index contributed by atoms with van der Waals surface area (Å²) in [6, 6.07) is 15.4. The van der Waals surface area contributed by atoms with Crippen LogP contribution < -0.4 is 4.74 Å². The number of hydrogen-bond acceptors (Lipinski definition) is 5. The summed E-state index contributed by atoms with van der Waals surface area (Å²) >= 11 is 0. The van der Waals surface area contributed by atoms with Crippen molar-refractivity contribution in [2.45, 2.75) is 25.0 Å². The lowest BCUT2D eigenvalue weighted by molar-refractivity contribution is -0.140. The van der Waals surface area contributed by atoms with Crippen LogP contribution in [0.4, 0.5) is 0 Å². The maximum atomic E-state index is 13.0. The molecule has 6 nitrogen and oxygen atoms in total. The van der Waals surface area contributed by atoms with Crippen molar-refractivity contribution < 1.29 is 24.2 Å². The van der Waals surface area contributed by atoms with Gasteiger partial charge in [0.25, 0.3) is 11.7 Å². The van der Waals surface area contributed by atoms with E-state index in [0.29, 0.717) is 31.1 Å². The standard InChI is InChI=1S/C25H25NO5/c1-2-14-30-19-12-10-18(11-13-19)23(27)21-22(17-7-4-3-5-8-17)26(25(29)24(21)28)16-20-9-6-15-31-20/h2-5,7-8,10-13,20,22,27H,1,6,9,14-16H2/b23-21+. The first-order valence-electron chi connectivity index (χ1n) is 10.4. The second-order valence-electron chi connectivity index (χ2n) is 7.62. The Morgan fingerprint density at radius 2 is 1.90 bits per heavy atom. The van der Waals surface area contributed by atoms with Crippen LogP contribution in [0.5, 0.6) is 5.75 Å². The molecule has 4 rings (SSSR count). The summed E-state index contributed by atoms with van der Waals surface area (Å²) in [4.78, 5) is 27.5. The number of likely N-dealkylation sites (tertiary alicyclic amines) is 1. The van der Waals surface area contributed by atoms with E-state index in [0.717, 1.165) is 18.4 Å². The zero-order valence-corrected chi connectivity index (χ0v) is 17.2. The van der Waals surface area contributed by atoms with Crippen molar-refractivity contribution in [3.05, 3.63) is 84.0 Å². The molecule has 0 bridgehead atoms. The van der Waals surface area contributed by atoms with Crippen LogP contribution in [0.25, 0.3) is 5.76 Å². The number of carbonyl (C=O) groups is 2. The van der Waals surface area contributed by atoms with Gasteiger partial charge >= 0.3 is 0 Å². The highest BCUT2D eigenvalue weighted by atomic mass is 16.5. The van der Waals surface area contributed by atoms with Crippen molar-refractivity contribution in [3.8, 4) is 5.75 Å². The van der Waals surface area contributed by atoms with Gasteiger partial charge in [0, 0.05) is 18.7 Å². The van der Waals surface area contributed by atoms with Gasteiger partial charge in [0.15, 0.2) is 0 Å². The first-order valence-corrected chi connectivity index (χ1v) is 10.4. The van der Waals surface area contributed by atoms with Gasteiger partial charge in [0.2, 0.25) is 0 Å². The summed E-state index contributed by atoms with van der Waals surface area (Å²) in [6.45, 7) is 4.96. The lowest BCUT2D eigenvalue weighted by Crippen LogP contribution is -2.36. The Hall–Kier alpha value is -3.38. The minimum absolute atomic E-state index is 0.0916. The molecule has 160 valence electrons. The van der Waals surface area contributed by atoms with Crippen molar-refractivity contribution in [1.29, 1.82) is 0 Å². The van der Waals surface area contributed by atoms with Crippen molar-refractivity contribution in [2.24, 2.45) is 0 Å². The monoisotopic (exact) mass is 419 g/mol. The lowest BCUT2D eigenvalue weighted by atomic mass is 9.95. The molecule has 6 heteroatoms. The van der Waals surface area contributed by atoms with E-state index in [-0.39, 0.29) is 17.4 Å². The quantitative estimate of drug-likeness (QED) is 0.319. The van der Waals surface area contributed by atoms with E-state index < -0.39 is 17.7 Å². The molecule has 2 aliphatic rings. The highest BCUT2D eigenvalue weighted by Crippen LogP contribution is 2.40. The predicted molar refractivity (Wildman–Crippen MR) is 117 cm³/mol. The first-order chi connectivity index (χ1) is 15.1. The molecule has 31 heavy (non-hydrogen) atoms. The SMILES string of the molecule is C=CCOc1ccc(/C(O)=C2\C(=O)C(=O)N(CC3CCCO3)C2c2ccccc2)cc1. The number of amides is 1. The molecule has 0 radical (unpaired) electrons. The van der Waals surface area contributed by atoms with Crippen molar-refractivity contribution in [1.82, 2.24) is 4.90 Å². The molecule has 2 aromatic rings. The number of aliphatic hydroxyl groups excluding tert-OH is 1. The van der Waals surface area contributed by atoms with Gasteiger partial charge in [-0.25, -0.2) is 0 Å². The van der Waals surface area contributed by atoms with Crippen LogP contribution in [-0.4, -0.2) is 47.6 Å². The minimum atomic E-state index is -0.684. The third-order valence-electron chi connectivity index (χ3n) is 5.58. The van der Waals surface area contributed by atoms with Gasteiger partial charge in [-0.1, -0.05) is 43.0 Å². The Bertz CT molecular complexity index is 990. The molecule has 2 aliphatic heterocycles. The second-order valence-corrected chi connectivity index (χ2v) is 7.62. The average Bonchev–Trinajstić information content (AvgIpc) is 3.40. The fourth-order valence-corrected chi connectivity index (χ4v) is 4.08. The Morgan fingerprint density at radius 3 is 2.55 bits per heavy atom. The van der Waals surface area contributed by atoms with Crippen molar-refractivity contribution in [2.75, 3.05) is 19.8 Å². The smallest absolute Gasteiger partial charge is 0.295 e. The van der Waals surface area contributed by atoms with Crippen LogP contribution in [0, 0.1) is 0 Å². The average molecular weight is 419 g/mol. The zero-order valence-electron chi connectivity index (χ0n) is 17.2. The summed E-state index contributed by atoms with van der Waals surface area (Å²) in [5.74, 6) is -0.875. The molecule has 2 atom stereocenters. The van der Waals surface area contributed by atoms with Gasteiger partial charge in [-0.2, -0.15) is 0 Å². The largest absolute Gasteiger partial charge is 0.507 e. The number of aliphatic hydroxyl groups is 1. The summed E-state index contributed by atoms with van der Waals surface area (Å²) in [7, 11) is 0. The predicted octanol–water partition coefficient (Wildman–Crippen LogP) is 3.85. The summed E-state index contributed by atoms with van der Waals surface area (Å²) in [5.41, 5.74) is 1.31. The zero-order chi connectivity index (χ0) is 21.8. The number of hydrogen-bond donors (Lipinski definition) is 1. The van der Waals surface area contributed by atoms with E-state index in [1.165, 1.54) is 4.90 Å². The van der Waals surface area contributed by atoms with Crippen molar-refractivity contribution >= 4 is 17.4 Å². The van der Waals surface area contributed by atoms with Crippen LogP contribution in [-0.2, 0) is 14.3 Å². The number of ether oxygens (including phenoxy) is 2. The van der Waals surface area contributed by atoms with Crippen LogP contribution in [0.3, 0.4) is 0 Å². The number of nitrogens with zero attached hydrogens (tertiary/aromatic N) is 1. The van der Waals surface area contributed by atoms with Crippen LogP contribution in [0.15, 0.2) is 72.8 Å². The third-order valence-corrected chi connectivity index (χ3v) is 5.58. The fourth-order valence-electron chi connectivity index (χ4n) is 4.08. The van der Waals surface area contributed by atoms with Gasteiger partial charge in [-0.3, -0.25) is 9.59 Å². The molecule has 2 unspecified atom stereocenters. The highest BCUT2D eigenvalue weighted by molar-refractivity contribution is 6.46. The van der Waals surface area contributed by atoms with E-state index in [1.54, 1.807) is 30.3 Å². The number of rotatable bonds is 7. The molecule has 0 saturated carbocycles. The van der Waals surface area contributed by atoms with Crippen LogP contribution in [0.2, 0.25) is 0 Å². The molecule has 1 N–H and O–H groups in total. The number of benzene rings is 2.